The van der Waals surface area contributed by atoms with E-state index in [4.69, 9.17) is 0 Å². The molecule has 1 N–H and O–H groups in total. The van der Waals surface area contributed by atoms with Gasteiger partial charge in [0, 0.05) is 38.4 Å². The van der Waals surface area contributed by atoms with E-state index in [0.717, 1.165) is 35.4 Å². The zero-order chi connectivity index (χ0) is 13.0. The van der Waals surface area contributed by atoms with E-state index in [-0.39, 0.29) is 0 Å². The summed E-state index contributed by atoms with van der Waals surface area (Å²) in [4.78, 5) is 4.30. The summed E-state index contributed by atoms with van der Waals surface area (Å²) in [6, 6.07) is 6.00. The molecule has 0 radical (unpaired) electrons. The van der Waals surface area contributed by atoms with Crippen molar-refractivity contribution in [2.24, 2.45) is 7.05 Å². The largest absolute Gasteiger partial charge is 0.311 e. The monoisotopic (exact) mass is 308 g/mol. The van der Waals surface area contributed by atoms with Gasteiger partial charge in [-0.15, -0.1) is 0 Å². The Labute approximate surface area is 116 Å². The first-order chi connectivity index (χ1) is 8.68. The first-order valence-electron chi connectivity index (χ1n) is 5.97. The Morgan fingerprint density at radius 1 is 1.39 bits per heavy atom. The number of aryl methyl sites for hydroxylation is 2. The van der Waals surface area contributed by atoms with Crippen LogP contribution in [-0.4, -0.2) is 21.3 Å². The Balaban J connectivity index is 1.82. The molecule has 0 aromatic carbocycles. The zero-order valence-electron chi connectivity index (χ0n) is 10.7. The van der Waals surface area contributed by atoms with Crippen LogP contribution in [0.25, 0.3) is 0 Å². The molecule has 18 heavy (non-hydrogen) atoms. The minimum atomic E-state index is 0.810. The highest BCUT2D eigenvalue weighted by molar-refractivity contribution is 9.10. The Kier molecular flexibility index (Phi) is 4.49. The van der Waals surface area contributed by atoms with E-state index in [1.54, 1.807) is 0 Å². The molecule has 0 amide bonds. The van der Waals surface area contributed by atoms with E-state index < -0.39 is 0 Å². The third kappa shape index (κ3) is 3.17. The molecule has 0 aliphatic heterocycles. The molecule has 0 spiro atoms. The maximum Gasteiger partial charge on any atom is 0.0739 e. The normalized spacial score (nSPS) is 10.8. The van der Waals surface area contributed by atoms with Crippen LogP contribution in [0.15, 0.2) is 28.9 Å². The van der Waals surface area contributed by atoms with Gasteiger partial charge in [-0.05, 0) is 35.0 Å². The minimum absolute atomic E-state index is 0.810. The number of hydrogen-bond acceptors (Lipinski definition) is 3. The Morgan fingerprint density at radius 2 is 2.22 bits per heavy atom. The van der Waals surface area contributed by atoms with Gasteiger partial charge in [0.05, 0.1) is 15.9 Å². The minimum Gasteiger partial charge on any atom is -0.311 e. The molecular weight excluding hydrogens is 292 g/mol. The van der Waals surface area contributed by atoms with E-state index >= 15 is 0 Å². The van der Waals surface area contributed by atoms with Crippen LogP contribution >= 0.6 is 15.9 Å². The van der Waals surface area contributed by atoms with Crippen LogP contribution in [0, 0.1) is 6.92 Å². The molecule has 0 aliphatic carbocycles. The second-order valence-corrected chi connectivity index (χ2v) is 5.01. The molecule has 0 saturated heterocycles. The first-order valence-corrected chi connectivity index (χ1v) is 6.76. The van der Waals surface area contributed by atoms with E-state index in [2.05, 4.69) is 31.3 Å². The number of aromatic nitrogens is 3. The Morgan fingerprint density at radius 3 is 2.83 bits per heavy atom. The highest BCUT2D eigenvalue weighted by Gasteiger charge is 2.09. The van der Waals surface area contributed by atoms with E-state index in [1.165, 1.54) is 5.69 Å². The van der Waals surface area contributed by atoms with Crippen molar-refractivity contribution < 1.29 is 0 Å². The summed E-state index contributed by atoms with van der Waals surface area (Å²) in [6.45, 7) is 3.72. The quantitative estimate of drug-likeness (QED) is 0.861. The second kappa shape index (κ2) is 6.11. The molecule has 0 unspecified atom stereocenters. The standard InChI is InChI=1S/C13H17BrN4/c1-10-13(14)12(18(2)17-10)9-15-8-6-11-5-3-4-7-16-11/h3-5,7,15H,6,8-9H2,1-2H3. The topological polar surface area (TPSA) is 42.7 Å². The molecule has 0 aliphatic rings. The molecule has 2 aromatic rings. The van der Waals surface area contributed by atoms with Crippen LogP contribution in [0.3, 0.4) is 0 Å². The molecule has 2 aromatic heterocycles. The van der Waals surface area contributed by atoms with Crippen molar-refractivity contribution in [2.45, 2.75) is 19.9 Å². The van der Waals surface area contributed by atoms with Gasteiger partial charge in [-0.1, -0.05) is 6.07 Å². The molecule has 0 atom stereocenters. The lowest BCUT2D eigenvalue weighted by Gasteiger charge is -2.05. The van der Waals surface area contributed by atoms with Gasteiger partial charge in [-0.3, -0.25) is 9.67 Å². The summed E-state index contributed by atoms with van der Waals surface area (Å²) in [5, 5.41) is 7.78. The predicted molar refractivity (Wildman–Crippen MR) is 75.3 cm³/mol. The summed E-state index contributed by atoms with van der Waals surface area (Å²) in [6.07, 6.45) is 2.77. The van der Waals surface area contributed by atoms with Gasteiger partial charge < -0.3 is 5.32 Å². The first kappa shape index (κ1) is 13.2. The molecule has 0 saturated carbocycles. The van der Waals surface area contributed by atoms with Gasteiger partial charge in [0.1, 0.15) is 0 Å². The maximum absolute atomic E-state index is 4.36. The summed E-state index contributed by atoms with van der Waals surface area (Å²) >= 11 is 3.56. The van der Waals surface area contributed by atoms with E-state index in [1.807, 2.05) is 43.0 Å². The van der Waals surface area contributed by atoms with E-state index in [9.17, 15) is 0 Å². The smallest absolute Gasteiger partial charge is 0.0739 e. The maximum atomic E-state index is 4.36. The molecular formula is C13H17BrN4. The van der Waals surface area contributed by atoms with Crippen LogP contribution < -0.4 is 5.32 Å². The SMILES string of the molecule is Cc1nn(C)c(CNCCc2ccccn2)c1Br. The van der Waals surface area contributed by atoms with Crippen LogP contribution in [-0.2, 0) is 20.0 Å². The molecule has 96 valence electrons. The van der Waals surface area contributed by atoms with Crippen molar-refractivity contribution in [2.75, 3.05) is 6.54 Å². The molecule has 2 rings (SSSR count). The molecule has 0 bridgehead atoms. The van der Waals surface area contributed by atoms with Gasteiger partial charge in [-0.25, -0.2) is 0 Å². The van der Waals surface area contributed by atoms with Gasteiger partial charge >= 0.3 is 0 Å². The number of pyridine rings is 1. The van der Waals surface area contributed by atoms with Crippen molar-refractivity contribution in [3.8, 4) is 0 Å². The van der Waals surface area contributed by atoms with Gasteiger partial charge in [0.25, 0.3) is 0 Å². The highest BCUT2D eigenvalue weighted by Crippen LogP contribution is 2.19. The number of halogens is 1. The van der Waals surface area contributed by atoms with Crippen molar-refractivity contribution in [1.82, 2.24) is 20.1 Å². The fourth-order valence-corrected chi connectivity index (χ4v) is 2.32. The van der Waals surface area contributed by atoms with Crippen molar-refractivity contribution >= 4 is 15.9 Å². The summed E-state index contributed by atoms with van der Waals surface area (Å²) in [5.41, 5.74) is 3.32. The average Bonchev–Trinajstić information content (AvgIpc) is 2.61. The summed E-state index contributed by atoms with van der Waals surface area (Å²) in [5.74, 6) is 0. The number of hydrogen-bond donors (Lipinski definition) is 1. The lowest BCUT2D eigenvalue weighted by Crippen LogP contribution is -2.19. The fraction of sp³-hybridized carbons (Fsp3) is 0.385. The van der Waals surface area contributed by atoms with Crippen LogP contribution in [0.1, 0.15) is 17.1 Å². The Bertz CT molecular complexity index is 507. The number of rotatable bonds is 5. The van der Waals surface area contributed by atoms with Gasteiger partial charge in [0.15, 0.2) is 0 Å². The number of nitrogens with zero attached hydrogens (tertiary/aromatic N) is 3. The molecule has 0 fully saturated rings. The molecule has 2 heterocycles. The van der Waals surface area contributed by atoms with Crippen molar-refractivity contribution in [3.63, 3.8) is 0 Å². The van der Waals surface area contributed by atoms with Crippen LogP contribution in [0.5, 0.6) is 0 Å². The van der Waals surface area contributed by atoms with E-state index in [0.29, 0.717) is 0 Å². The lowest BCUT2D eigenvalue weighted by molar-refractivity contribution is 0.620. The highest BCUT2D eigenvalue weighted by atomic mass is 79.9. The summed E-state index contributed by atoms with van der Waals surface area (Å²) < 4.78 is 3.00. The zero-order valence-corrected chi connectivity index (χ0v) is 12.2. The fourth-order valence-electron chi connectivity index (χ4n) is 1.84. The Hall–Kier alpha value is -1.20. The molecule has 4 nitrogen and oxygen atoms in total. The van der Waals surface area contributed by atoms with Gasteiger partial charge in [0.2, 0.25) is 0 Å². The lowest BCUT2D eigenvalue weighted by atomic mass is 10.2. The second-order valence-electron chi connectivity index (χ2n) is 4.22. The third-order valence-corrected chi connectivity index (χ3v) is 3.87. The van der Waals surface area contributed by atoms with Crippen molar-refractivity contribution in [1.29, 1.82) is 0 Å². The van der Waals surface area contributed by atoms with Crippen molar-refractivity contribution in [3.05, 3.63) is 46.0 Å². The predicted octanol–water partition coefficient (Wildman–Crippen LogP) is 2.22. The van der Waals surface area contributed by atoms with Crippen LogP contribution in [0.2, 0.25) is 0 Å². The number of nitrogens with one attached hydrogen (secondary N) is 1. The molecule has 5 heteroatoms. The average molecular weight is 309 g/mol. The summed E-state index contributed by atoms with van der Waals surface area (Å²) in [7, 11) is 1.97. The van der Waals surface area contributed by atoms with Crippen LogP contribution in [0.4, 0.5) is 0 Å². The van der Waals surface area contributed by atoms with Gasteiger partial charge in [-0.2, -0.15) is 5.10 Å². The third-order valence-electron chi connectivity index (χ3n) is 2.84.